The molecule has 0 amide bonds. The van der Waals surface area contributed by atoms with Crippen LogP contribution in [0.25, 0.3) is 0 Å². The number of nitro groups is 1. The molecule has 6 nitrogen and oxygen atoms in total. The number of nitrogens with one attached hydrogen (secondary N) is 1. The molecule has 1 aromatic rings. The fourth-order valence-electron chi connectivity index (χ4n) is 1.63. The third-order valence-corrected chi connectivity index (χ3v) is 3.27. The molecule has 0 fully saturated rings. The van der Waals surface area contributed by atoms with Crippen LogP contribution in [0.5, 0.6) is 0 Å². The molecule has 0 aromatic heterocycles. The van der Waals surface area contributed by atoms with Crippen molar-refractivity contribution in [3.05, 3.63) is 32.3 Å². The SMILES string of the molecule is Cc1cc(NCCCCC(=O)O)c(Br)cc1[N+](=O)[O-]. The Bertz CT molecular complexity index is 491. The molecule has 1 aromatic carbocycles. The van der Waals surface area contributed by atoms with Crippen molar-refractivity contribution in [2.24, 2.45) is 0 Å². The van der Waals surface area contributed by atoms with Crippen LogP contribution in [0.4, 0.5) is 11.4 Å². The summed E-state index contributed by atoms with van der Waals surface area (Å²) in [5.41, 5.74) is 1.43. The Balaban J connectivity index is 2.57. The van der Waals surface area contributed by atoms with Crippen LogP contribution in [0.15, 0.2) is 16.6 Å². The van der Waals surface area contributed by atoms with Gasteiger partial charge in [0.05, 0.1) is 4.92 Å². The molecular weight excluding hydrogens is 316 g/mol. The van der Waals surface area contributed by atoms with Gasteiger partial charge in [0.15, 0.2) is 0 Å². The molecule has 0 unspecified atom stereocenters. The van der Waals surface area contributed by atoms with Gasteiger partial charge in [0.25, 0.3) is 5.69 Å². The van der Waals surface area contributed by atoms with Crippen molar-refractivity contribution in [2.45, 2.75) is 26.2 Å². The minimum atomic E-state index is -0.799. The molecule has 0 aliphatic rings. The van der Waals surface area contributed by atoms with Crippen LogP contribution in [-0.4, -0.2) is 22.5 Å². The Hall–Kier alpha value is -1.63. The fraction of sp³-hybridized carbons (Fsp3) is 0.417. The number of hydrogen-bond acceptors (Lipinski definition) is 4. The molecule has 0 spiro atoms. The highest BCUT2D eigenvalue weighted by Crippen LogP contribution is 2.30. The van der Waals surface area contributed by atoms with Crippen LogP contribution in [0.1, 0.15) is 24.8 Å². The fourth-order valence-corrected chi connectivity index (χ4v) is 2.10. The van der Waals surface area contributed by atoms with Gasteiger partial charge < -0.3 is 10.4 Å². The number of aliphatic carboxylic acids is 1. The molecule has 7 heteroatoms. The molecule has 0 aliphatic carbocycles. The molecule has 0 radical (unpaired) electrons. The number of halogens is 1. The number of carboxylic acid groups (broad SMARTS) is 1. The summed E-state index contributed by atoms with van der Waals surface area (Å²) in [5.74, 6) is -0.799. The van der Waals surface area contributed by atoms with E-state index in [0.717, 1.165) is 12.1 Å². The number of carboxylic acids is 1. The maximum absolute atomic E-state index is 10.8. The van der Waals surface area contributed by atoms with Gasteiger partial charge in [-0.2, -0.15) is 0 Å². The summed E-state index contributed by atoms with van der Waals surface area (Å²) in [5, 5.41) is 22.4. The van der Waals surface area contributed by atoms with Gasteiger partial charge in [0.2, 0.25) is 0 Å². The average Bonchev–Trinajstić information content (AvgIpc) is 2.31. The topological polar surface area (TPSA) is 92.5 Å². The zero-order valence-electron chi connectivity index (χ0n) is 10.5. The Morgan fingerprint density at radius 2 is 2.16 bits per heavy atom. The largest absolute Gasteiger partial charge is 0.481 e. The number of nitrogens with zero attached hydrogens (tertiary/aromatic N) is 1. The zero-order chi connectivity index (χ0) is 14.4. The van der Waals surface area contributed by atoms with E-state index in [1.165, 1.54) is 6.07 Å². The van der Waals surface area contributed by atoms with Crippen molar-refractivity contribution in [3.63, 3.8) is 0 Å². The van der Waals surface area contributed by atoms with Crippen molar-refractivity contribution in [3.8, 4) is 0 Å². The van der Waals surface area contributed by atoms with Crippen molar-refractivity contribution in [1.82, 2.24) is 0 Å². The van der Waals surface area contributed by atoms with Crippen LogP contribution in [-0.2, 0) is 4.79 Å². The van der Waals surface area contributed by atoms with E-state index in [1.54, 1.807) is 13.0 Å². The zero-order valence-corrected chi connectivity index (χ0v) is 12.1. The summed E-state index contributed by atoms with van der Waals surface area (Å²) in [6, 6.07) is 3.17. The second kappa shape index (κ2) is 7.08. The maximum atomic E-state index is 10.8. The van der Waals surface area contributed by atoms with Crippen LogP contribution in [0.3, 0.4) is 0 Å². The van der Waals surface area contributed by atoms with Gasteiger partial charge >= 0.3 is 5.97 Å². The number of anilines is 1. The van der Waals surface area contributed by atoms with Gasteiger partial charge in [-0.25, -0.2) is 0 Å². The maximum Gasteiger partial charge on any atom is 0.303 e. The lowest BCUT2D eigenvalue weighted by Crippen LogP contribution is -2.04. The lowest BCUT2D eigenvalue weighted by molar-refractivity contribution is -0.385. The number of carbonyl (C=O) groups is 1. The predicted octanol–water partition coefficient (Wildman–Crippen LogP) is 3.33. The Morgan fingerprint density at radius 3 is 2.74 bits per heavy atom. The van der Waals surface area contributed by atoms with Gasteiger partial charge in [-0.15, -0.1) is 0 Å². The van der Waals surface area contributed by atoms with Crippen LogP contribution >= 0.6 is 15.9 Å². The standard InChI is InChI=1S/C12H15BrN2O4/c1-8-6-10(9(13)7-11(8)15(18)19)14-5-3-2-4-12(16)17/h6-7,14H,2-5H2,1H3,(H,16,17). The first-order valence-electron chi connectivity index (χ1n) is 5.82. The smallest absolute Gasteiger partial charge is 0.303 e. The van der Waals surface area contributed by atoms with Crippen molar-refractivity contribution < 1.29 is 14.8 Å². The second-order valence-electron chi connectivity index (χ2n) is 4.15. The number of unbranched alkanes of at least 4 members (excludes halogenated alkanes) is 1. The van der Waals surface area contributed by atoms with E-state index in [0.29, 0.717) is 23.0 Å². The Kier molecular flexibility index (Phi) is 5.75. The summed E-state index contributed by atoms with van der Waals surface area (Å²) >= 11 is 3.28. The molecule has 0 aliphatic heterocycles. The highest BCUT2D eigenvalue weighted by atomic mass is 79.9. The van der Waals surface area contributed by atoms with Crippen molar-refractivity contribution >= 4 is 33.3 Å². The van der Waals surface area contributed by atoms with Gasteiger partial charge in [0, 0.05) is 34.8 Å². The monoisotopic (exact) mass is 330 g/mol. The highest BCUT2D eigenvalue weighted by Gasteiger charge is 2.13. The average molecular weight is 331 g/mol. The van der Waals surface area contributed by atoms with Gasteiger partial charge in [-0.1, -0.05) is 0 Å². The molecule has 0 bridgehead atoms. The van der Waals surface area contributed by atoms with E-state index >= 15 is 0 Å². The number of rotatable bonds is 7. The number of nitro benzene ring substituents is 1. The first-order chi connectivity index (χ1) is 8.91. The molecule has 1 rings (SSSR count). The van der Waals surface area contributed by atoms with Crippen LogP contribution < -0.4 is 5.32 Å². The summed E-state index contributed by atoms with van der Waals surface area (Å²) in [4.78, 5) is 20.7. The summed E-state index contributed by atoms with van der Waals surface area (Å²) in [7, 11) is 0. The number of benzene rings is 1. The molecule has 0 atom stereocenters. The number of aryl methyl sites for hydroxylation is 1. The summed E-state index contributed by atoms with van der Waals surface area (Å²) < 4.78 is 0.628. The van der Waals surface area contributed by atoms with E-state index in [2.05, 4.69) is 21.2 Å². The van der Waals surface area contributed by atoms with Gasteiger partial charge in [-0.3, -0.25) is 14.9 Å². The second-order valence-corrected chi connectivity index (χ2v) is 5.01. The van der Waals surface area contributed by atoms with Gasteiger partial charge in [-0.05, 0) is 41.8 Å². The predicted molar refractivity (Wildman–Crippen MR) is 75.5 cm³/mol. The van der Waals surface area contributed by atoms with E-state index in [1.807, 2.05) is 0 Å². The van der Waals surface area contributed by atoms with Crippen LogP contribution in [0, 0.1) is 17.0 Å². The minimum Gasteiger partial charge on any atom is -0.481 e. The number of hydrogen-bond donors (Lipinski definition) is 2. The molecule has 0 saturated heterocycles. The Morgan fingerprint density at radius 1 is 1.47 bits per heavy atom. The highest BCUT2D eigenvalue weighted by molar-refractivity contribution is 9.10. The van der Waals surface area contributed by atoms with Crippen molar-refractivity contribution in [2.75, 3.05) is 11.9 Å². The first kappa shape index (κ1) is 15.4. The molecule has 2 N–H and O–H groups in total. The first-order valence-corrected chi connectivity index (χ1v) is 6.61. The van der Waals surface area contributed by atoms with Crippen LogP contribution in [0.2, 0.25) is 0 Å². The van der Waals surface area contributed by atoms with Crippen molar-refractivity contribution in [1.29, 1.82) is 0 Å². The van der Waals surface area contributed by atoms with E-state index < -0.39 is 10.9 Å². The molecule has 104 valence electrons. The van der Waals surface area contributed by atoms with Gasteiger partial charge in [0.1, 0.15) is 0 Å². The molecular formula is C12H15BrN2O4. The molecule has 0 heterocycles. The normalized spacial score (nSPS) is 10.2. The third kappa shape index (κ3) is 4.86. The lowest BCUT2D eigenvalue weighted by Gasteiger charge is -2.09. The van der Waals surface area contributed by atoms with E-state index in [4.69, 9.17) is 5.11 Å². The summed E-state index contributed by atoms with van der Waals surface area (Å²) in [6.45, 7) is 2.31. The Labute approximate surface area is 119 Å². The minimum absolute atomic E-state index is 0.0725. The third-order valence-electron chi connectivity index (χ3n) is 2.62. The molecule has 19 heavy (non-hydrogen) atoms. The van der Waals surface area contributed by atoms with E-state index in [-0.39, 0.29) is 12.1 Å². The van der Waals surface area contributed by atoms with E-state index in [9.17, 15) is 14.9 Å². The quantitative estimate of drug-likeness (QED) is 0.454. The molecule has 0 saturated carbocycles. The summed E-state index contributed by atoms with van der Waals surface area (Å²) in [6.07, 6.45) is 1.49. The lowest BCUT2D eigenvalue weighted by atomic mass is 10.1.